The van der Waals surface area contributed by atoms with E-state index in [0.717, 1.165) is 5.69 Å². The summed E-state index contributed by atoms with van der Waals surface area (Å²) in [5.74, 6) is 0.550. The van der Waals surface area contributed by atoms with Crippen LogP contribution in [0.4, 0.5) is 5.69 Å². The van der Waals surface area contributed by atoms with Crippen molar-refractivity contribution in [1.82, 2.24) is 0 Å². The van der Waals surface area contributed by atoms with Gasteiger partial charge >= 0.3 is 0 Å². The molecule has 1 aliphatic heterocycles. The van der Waals surface area contributed by atoms with E-state index in [-0.39, 0.29) is 5.41 Å². The Morgan fingerprint density at radius 1 is 1.35 bits per heavy atom. The van der Waals surface area contributed by atoms with Gasteiger partial charge < -0.3 is 10.1 Å². The van der Waals surface area contributed by atoms with Crippen molar-refractivity contribution in [3.8, 4) is 6.07 Å². The fourth-order valence-electron chi connectivity index (χ4n) is 1.81. The minimum Gasteiger partial charge on any atom is -0.383 e. The summed E-state index contributed by atoms with van der Waals surface area (Å²) in [6.07, 6.45) is 0. The van der Waals surface area contributed by atoms with Crippen LogP contribution in [0.1, 0.15) is 25.3 Å². The number of hydrogen-bond donors (Lipinski definition) is 1. The molecule has 1 aromatic carbocycles. The second kappa shape index (κ2) is 4.77. The molecule has 0 atom stereocenters. The zero-order chi connectivity index (χ0) is 12.3. The molecule has 1 N–H and O–H groups in total. The Hall–Kier alpha value is -1.53. The minimum atomic E-state index is -0.323. The molecule has 1 saturated heterocycles. The van der Waals surface area contributed by atoms with Gasteiger partial charge in [-0.05, 0) is 23.6 Å². The Morgan fingerprint density at radius 2 is 2.00 bits per heavy atom. The predicted octanol–water partition coefficient (Wildman–Crippen LogP) is 2.76. The van der Waals surface area contributed by atoms with Crippen LogP contribution in [-0.4, -0.2) is 19.8 Å². The summed E-state index contributed by atoms with van der Waals surface area (Å²) >= 11 is 0. The first-order valence-electron chi connectivity index (χ1n) is 5.98. The second-order valence-electron chi connectivity index (χ2n) is 5.02. The van der Waals surface area contributed by atoms with Crippen molar-refractivity contribution in [1.29, 1.82) is 5.26 Å². The quantitative estimate of drug-likeness (QED) is 0.865. The van der Waals surface area contributed by atoms with E-state index in [9.17, 15) is 0 Å². The number of nitriles is 1. The largest absolute Gasteiger partial charge is 0.383 e. The standard InChI is InChI=1S/C14H18N2O/c1-11(2)12-3-5-13(6-4-12)16-8-14(7-15)9-17-10-14/h3-6,11,16H,8-10H2,1-2H3. The van der Waals surface area contributed by atoms with Crippen molar-refractivity contribution in [3.63, 3.8) is 0 Å². The molecule has 1 aliphatic rings. The van der Waals surface area contributed by atoms with Crippen molar-refractivity contribution in [2.45, 2.75) is 19.8 Å². The summed E-state index contributed by atoms with van der Waals surface area (Å²) in [7, 11) is 0. The number of anilines is 1. The normalized spacial score (nSPS) is 17.3. The van der Waals surface area contributed by atoms with Crippen LogP contribution in [0, 0.1) is 16.7 Å². The van der Waals surface area contributed by atoms with Crippen molar-refractivity contribution in [3.05, 3.63) is 29.8 Å². The number of nitrogens with one attached hydrogen (secondary N) is 1. The molecule has 0 radical (unpaired) electrons. The van der Waals surface area contributed by atoms with Gasteiger partial charge in [-0.15, -0.1) is 0 Å². The van der Waals surface area contributed by atoms with Crippen molar-refractivity contribution < 1.29 is 4.74 Å². The highest BCUT2D eigenvalue weighted by Crippen LogP contribution is 2.27. The number of rotatable bonds is 4. The highest BCUT2D eigenvalue weighted by Gasteiger charge is 2.38. The highest BCUT2D eigenvalue weighted by atomic mass is 16.5. The number of ether oxygens (including phenoxy) is 1. The van der Waals surface area contributed by atoms with Gasteiger partial charge in [0.05, 0.1) is 19.3 Å². The molecule has 0 saturated carbocycles. The van der Waals surface area contributed by atoms with E-state index < -0.39 is 0 Å². The molecular weight excluding hydrogens is 212 g/mol. The summed E-state index contributed by atoms with van der Waals surface area (Å²) in [4.78, 5) is 0. The molecule has 0 aromatic heterocycles. The lowest BCUT2D eigenvalue weighted by atomic mass is 9.88. The van der Waals surface area contributed by atoms with Crippen LogP contribution in [0.25, 0.3) is 0 Å². The van der Waals surface area contributed by atoms with Crippen LogP contribution in [0.2, 0.25) is 0 Å². The average molecular weight is 230 g/mol. The Labute approximate surface area is 102 Å². The summed E-state index contributed by atoms with van der Waals surface area (Å²) in [5.41, 5.74) is 2.07. The topological polar surface area (TPSA) is 45.0 Å². The van der Waals surface area contributed by atoms with Crippen LogP contribution >= 0.6 is 0 Å². The maximum atomic E-state index is 9.06. The van der Waals surface area contributed by atoms with E-state index in [1.165, 1.54) is 5.56 Å². The monoisotopic (exact) mass is 230 g/mol. The Morgan fingerprint density at radius 3 is 2.41 bits per heavy atom. The molecule has 17 heavy (non-hydrogen) atoms. The molecular formula is C14H18N2O. The minimum absolute atomic E-state index is 0.323. The number of nitrogens with zero attached hydrogens (tertiary/aromatic N) is 1. The first-order valence-corrected chi connectivity index (χ1v) is 5.98. The van der Waals surface area contributed by atoms with Gasteiger partial charge in [-0.3, -0.25) is 0 Å². The van der Waals surface area contributed by atoms with E-state index in [0.29, 0.717) is 25.7 Å². The molecule has 1 heterocycles. The fourth-order valence-corrected chi connectivity index (χ4v) is 1.81. The SMILES string of the molecule is CC(C)c1ccc(NCC2(C#N)COC2)cc1. The summed E-state index contributed by atoms with van der Waals surface area (Å²) in [6, 6.07) is 10.7. The lowest BCUT2D eigenvalue weighted by molar-refractivity contribution is -0.0690. The molecule has 3 heteroatoms. The molecule has 1 aromatic rings. The Bertz CT molecular complexity index is 413. The van der Waals surface area contributed by atoms with Gasteiger partial charge in [-0.25, -0.2) is 0 Å². The lowest BCUT2D eigenvalue weighted by Crippen LogP contribution is -2.46. The third kappa shape index (κ3) is 2.59. The molecule has 0 spiro atoms. The molecule has 90 valence electrons. The van der Waals surface area contributed by atoms with Crippen LogP contribution in [-0.2, 0) is 4.74 Å². The van der Waals surface area contributed by atoms with E-state index in [1.807, 2.05) is 0 Å². The average Bonchev–Trinajstić information content (AvgIpc) is 2.29. The number of benzene rings is 1. The third-order valence-electron chi connectivity index (χ3n) is 3.20. The fraction of sp³-hybridized carbons (Fsp3) is 0.500. The second-order valence-corrected chi connectivity index (χ2v) is 5.02. The first-order chi connectivity index (χ1) is 8.15. The highest BCUT2D eigenvalue weighted by molar-refractivity contribution is 5.45. The van der Waals surface area contributed by atoms with E-state index >= 15 is 0 Å². The van der Waals surface area contributed by atoms with Crippen molar-refractivity contribution >= 4 is 5.69 Å². The molecule has 3 nitrogen and oxygen atoms in total. The van der Waals surface area contributed by atoms with Gasteiger partial charge in [-0.1, -0.05) is 26.0 Å². The summed E-state index contributed by atoms with van der Waals surface area (Å²) in [6.45, 7) is 6.10. The van der Waals surface area contributed by atoms with Gasteiger partial charge in [0.2, 0.25) is 0 Å². The van der Waals surface area contributed by atoms with Crippen molar-refractivity contribution in [2.75, 3.05) is 25.1 Å². The molecule has 1 fully saturated rings. The number of hydrogen-bond acceptors (Lipinski definition) is 3. The van der Waals surface area contributed by atoms with Gasteiger partial charge in [0.25, 0.3) is 0 Å². The van der Waals surface area contributed by atoms with Gasteiger partial charge in [0.1, 0.15) is 5.41 Å². The zero-order valence-electron chi connectivity index (χ0n) is 10.4. The van der Waals surface area contributed by atoms with Crippen LogP contribution in [0.3, 0.4) is 0 Å². The zero-order valence-corrected chi connectivity index (χ0v) is 10.4. The Balaban J connectivity index is 1.93. The molecule has 0 aliphatic carbocycles. The van der Waals surface area contributed by atoms with E-state index in [1.54, 1.807) is 0 Å². The van der Waals surface area contributed by atoms with Gasteiger partial charge in [-0.2, -0.15) is 5.26 Å². The molecule has 0 bridgehead atoms. The Kier molecular flexibility index (Phi) is 3.35. The first kappa shape index (κ1) is 11.9. The smallest absolute Gasteiger partial charge is 0.121 e. The van der Waals surface area contributed by atoms with Crippen LogP contribution in [0.5, 0.6) is 0 Å². The van der Waals surface area contributed by atoms with E-state index in [2.05, 4.69) is 49.5 Å². The molecule has 2 rings (SSSR count). The lowest BCUT2D eigenvalue weighted by Gasteiger charge is -2.35. The van der Waals surface area contributed by atoms with Gasteiger partial charge in [0, 0.05) is 12.2 Å². The van der Waals surface area contributed by atoms with Gasteiger partial charge in [0.15, 0.2) is 0 Å². The third-order valence-corrected chi connectivity index (χ3v) is 3.20. The molecule has 0 unspecified atom stereocenters. The summed E-state index contributed by atoms with van der Waals surface area (Å²) in [5, 5.41) is 12.4. The maximum absolute atomic E-state index is 9.06. The maximum Gasteiger partial charge on any atom is 0.121 e. The van der Waals surface area contributed by atoms with Crippen LogP contribution in [0.15, 0.2) is 24.3 Å². The van der Waals surface area contributed by atoms with Crippen molar-refractivity contribution in [2.24, 2.45) is 5.41 Å². The molecule has 0 amide bonds. The van der Waals surface area contributed by atoms with E-state index in [4.69, 9.17) is 10.00 Å². The predicted molar refractivity (Wildman–Crippen MR) is 67.9 cm³/mol. The summed E-state index contributed by atoms with van der Waals surface area (Å²) < 4.78 is 5.11. The van der Waals surface area contributed by atoms with Crippen LogP contribution < -0.4 is 5.32 Å².